The number of ether oxygens (including phenoxy) is 1. The first-order valence-electron chi connectivity index (χ1n) is 6.76. The van der Waals surface area contributed by atoms with Crippen LogP contribution in [0, 0.1) is 0 Å². The predicted molar refractivity (Wildman–Crippen MR) is 66.4 cm³/mol. The Hall–Kier alpha value is -1.36. The zero-order chi connectivity index (χ0) is 12.5. The maximum Gasteiger partial charge on any atom is 0.272 e. The monoisotopic (exact) mass is 249 g/mol. The average Bonchev–Trinajstić information content (AvgIpc) is 2.72. The van der Waals surface area contributed by atoms with Crippen molar-refractivity contribution in [3.63, 3.8) is 0 Å². The van der Waals surface area contributed by atoms with Crippen molar-refractivity contribution in [3.8, 4) is 0 Å². The van der Waals surface area contributed by atoms with E-state index in [0.717, 1.165) is 38.0 Å². The normalized spacial score (nSPS) is 19.2. The van der Waals surface area contributed by atoms with Crippen LogP contribution in [0.5, 0.6) is 0 Å². The van der Waals surface area contributed by atoms with E-state index >= 15 is 0 Å². The van der Waals surface area contributed by atoms with Crippen molar-refractivity contribution in [2.75, 3.05) is 6.61 Å². The number of nitrogens with one attached hydrogen (secondary N) is 1. The van der Waals surface area contributed by atoms with Gasteiger partial charge in [0.05, 0.1) is 13.2 Å². The fourth-order valence-electron chi connectivity index (χ4n) is 2.56. The molecule has 1 aliphatic heterocycles. The fraction of sp³-hybridized carbons (Fsp3) is 0.692. The number of nitrogens with zero attached hydrogens (tertiary/aromatic N) is 2. The number of fused-ring (bicyclic) bond motifs is 1. The molecule has 0 aromatic carbocycles. The summed E-state index contributed by atoms with van der Waals surface area (Å²) in [5, 5.41) is 7.50. The molecule has 1 fully saturated rings. The van der Waals surface area contributed by atoms with Crippen molar-refractivity contribution in [1.82, 2.24) is 15.1 Å². The van der Waals surface area contributed by atoms with Gasteiger partial charge in [-0.1, -0.05) is 0 Å². The molecule has 0 bridgehead atoms. The third kappa shape index (κ3) is 1.92. The summed E-state index contributed by atoms with van der Waals surface area (Å²) in [5.41, 5.74) is 2.72. The van der Waals surface area contributed by atoms with Crippen molar-refractivity contribution >= 4 is 5.91 Å². The van der Waals surface area contributed by atoms with Crippen molar-refractivity contribution in [3.05, 3.63) is 17.0 Å². The summed E-state index contributed by atoms with van der Waals surface area (Å²) in [6.07, 6.45) is 4.26. The minimum atomic E-state index is -0.0337. The Balaban J connectivity index is 1.85. The second-order valence-electron chi connectivity index (χ2n) is 4.99. The Bertz CT molecular complexity index is 463. The molecule has 1 aromatic rings. The Labute approximate surface area is 107 Å². The third-order valence-electron chi connectivity index (χ3n) is 3.85. The number of carbonyl (C=O) groups is 1. The van der Waals surface area contributed by atoms with Gasteiger partial charge in [0.1, 0.15) is 0 Å². The minimum Gasteiger partial charge on any atom is -0.376 e. The smallest absolute Gasteiger partial charge is 0.272 e. The summed E-state index contributed by atoms with van der Waals surface area (Å²) in [5.74, 6) is -0.0337. The van der Waals surface area contributed by atoms with Crippen LogP contribution in [0.4, 0.5) is 0 Å². The summed E-state index contributed by atoms with van der Waals surface area (Å²) >= 11 is 0. The van der Waals surface area contributed by atoms with E-state index in [2.05, 4.69) is 17.3 Å². The molecule has 1 aliphatic carbocycles. The van der Waals surface area contributed by atoms with E-state index in [1.165, 1.54) is 12.1 Å². The second kappa shape index (κ2) is 4.72. The molecule has 1 N–H and O–H groups in total. The van der Waals surface area contributed by atoms with Crippen molar-refractivity contribution in [2.45, 2.75) is 51.8 Å². The van der Waals surface area contributed by atoms with E-state index in [4.69, 9.17) is 4.74 Å². The van der Waals surface area contributed by atoms with Gasteiger partial charge >= 0.3 is 0 Å². The van der Waals surface area contributed by atoms with Crippen LogP contribution in [0.3, 0.4) is 0 Å². The molecule has 5 nitrogen and oxygen atoms in total. The number of amides is 1. The number of carbonyl (C=O) groups excluding carboxylic acids is 1. The molecule has 18 heavy (non-hydrogen) atoms. The van der Waals surface area contributed by atoms with E-state index in [1.54, 1.807) is 0 Å². The number of rotatable bonds is 3. The first kappa shape index (κ1) is 11.7. The average molecular weight is 249 g/mol. The van der Waals surface area contributed by atoms with E-state index in [9.17, 15) is 4.79 Å². The van der Waals surface area contributed by atoms with Gasteiger partial charge in [-0.05, 0) is 26.2 Å². The molecule has 0 saturated heterocycles. The molecule has 1 aromatic heterocycles. The number of hydrogen-bond donors (Lipinski definition) is 1. The Morgan fingerprint density at radius 2 is 2.39 bits per heavy atom. The van der Waals surface area contributed by atoms with Gasteiger partial charge in [0, 0.05) is 30.3 Å². The molecule has 5 heteroatoms. The van der Waals surface area contributed by atoms with Crippen LogP contribution in [0.15, 0.2) is 0 Å². The fourth-order valence-corrected chi connectivity index (χ4v) is 2.56. The van der Waals surface area contributed by atoms with Crippen LogP contribution in [-0.2, 0) is 24.3 Å². The molecule has 0 spiro atoms. The number of hydrogen-bond acceptors (Lipinski definition) is 3. The maximum absolute atomic E-state index is 12.2. The first-order chi connectivity index (χ1) is 8.79. The van der Waals surface area contributed by atoms with Gasteiger partial charge in [-0.25, -0.2) is 0 Å². The van der Waals surface area contributed by atoms with Crippen molar-refractivity contribution in [1.29, 1.82) is 0 Å². The van der Waals surface area contributed by atoms with Gasteiger partial charge < -0.3 is 10.1 Å². The van der Waals surface area contributed by atoms with E-state index < -0.39 is 0 Å². The van der Waals surface area contributed by atoms with Crippen LogP contribution in [-0.4, -0.2) is 28.3 Å². The summed E-state index contributed by atoms with van der Waals surface area (Å²) in [6.45, 7) is 4.10. The molecule has 98 valence electrons. The van der Waals surface area contributed by atoms with Crippen molar-refractivity contribution in [2.24, 2.45) is 0 Å². The lowest BCUT2D eigenvalue weighted by Crippen LogP contribution is -2.40. The highest BCUT2D eigenvalue weighted by Gasteiger charge is 2.27. The topological polar surface area (TPSA) is 56.2 Å². The van der Waals surface area contributed by atoms with Gasteiger partial charge in [0.15, 0.2) is 5.69 Å². The number of aryl methyl sites for hydroxylation is 1. The lowest BCUT2D eigenvalue weighted by molar-refractivity contribution is 0.0891. The molecule has 1 amide bonds. The molecule has 0 atom stereocenters. The largest absolute Gasteiger partial charge is 0.376 e. The Morgan fingerprint density at radius 3 is 3.06 bits per heavy atom. The molecular weight excluding hydrogens is 230 g/mol. The highest BCUT2D eigenvalue weighted by atomic mass is 16.5. The van der Waals surface area contributed by atoms with Crippen LogP contribution in [0.1, 0.15) is 47.9 Å². The minimum absolute atomic E-state index is 0.0337. The van der Waals surface area contributed by atoms with Gasteiger partial charge in [-0.3, -0.25) is 9.48 Å². The van der Waals surface area contributed by atoms with Crippen LogP contribution < -0.4 is 5.32 Å². The first-order valence-corrected chi connectivity index (χ1v) is 6.76. The predicted octanol–water partition coefficient (Wildman–Crippen LogP) is 1.26. The van der Waals surface area contributed by atoms with Gasteiger partial charge in [0.2, 0.25) is 0 Å². The van der Waals surface area contributed by atoms with E-state index in [-0.39, 0.29) is 5.91 Å². The van der Waals surface area contributed by atoms with Crippen molar-refractivity contribution < 1.29 is 9.53 Å². The highest BCUT2D eigenvalue weighted by molar-refractivity contribution is 5.94. The standard InChI is InChI=1S/C13H19N3O2/c1-2-16-11-6-7-18-8-10(11)12(15-16)13(17)14-9-4-3-5-9/h9H,2-8H2,1H3,(H,14,17). The molecule has 2 heterocycles. The molecule has 3 rings (SSSR count). The van der Waals surface area contributed by atoms with Crippen LogP contribution >= 0.6 is 0 Å². The maximum atomic E-state index is 12.2. The van der Waals surface area contributed by atoms with Gasteiger partial charge in [-0.2, -0.15) is 5.10 Å². The van der Waals surface area contributed by atoms with Gasteiger partial charge in [0.25, 0.3) is 5.91 Å². The zero-order valence-electron chi connectivity index (χ0n) is 10.7. The third-order valence-corrected chi connectivity index (χ3v) is 3.85. The van der Waals surface area contributed by atoms with Crippen LogP contribution in [0.25, 0.3) is 0 Å². The lowest BCUT2D eigenvalue weighted by atomic mass is 9.93. The quantitative estimate of drug-likeness (QED) is 0.877. The summed E-state index contributed by atoms with van der Waals surface area (Å²) in [6, 6.07) is 0.351. The highest BCUT2D eigenvalue weighted by Crippen LogP contribution is 2.23. The lowest BCUT2D eigenvalue weighted by Gasteiger charge is -2.26. The SMILES string of the molecule is CCn1nc(C(=O)NC2CCC2)c2c1CCOC2. The van der Waals surface area contributed by atoms with Gasteiger partial charge in [-0.15, -0.1) is 0 Å². The van der Waals surface area contributed by atoms with Crippen LogP contribution in [0.2, 0.25) is 0 Å². The Morgan fingerprint density at radius 1 is 1.56 bits per heavy atom. The number of aromatic nitrogens is 2. The second-order valence-corrected chi connectivity index (χ2v) is 4.99. The summed E-state index contributed by atoms with van der Waals surface area (Å²) in [7, 11) is 0. The van der Waals surface area contributed by atoms with E-state index in [1.807, 2.05) is 4.68 Å². The Kier molecular flexibility index (Phi) is 3.07. The zero-order valence-corrected chi connectivity index (χ0v) is 10.7. The molecule has 2 aliphatic rings. The molecular formula is C13H19N3O2. The molecule has 1 saturated carbocycles. The molecule has 0 radical (unpaired) electrons. The molecule has 0 unspecified atom stereocenters. The summed E-state index contributed by atoms with van der Waals surface area (Å²) in [4.78, 5) is 12.2. The summed E-state index contributed by atoms with van der Waals surface area (Å²) < 4.78 is 7.39. The van der Waals surface area contributed by atoms with E-state index in [0.29, 0.717) is 18.3 Å².